The summed E-state index contributed by atoms with van der Waals surface area (Å²) in [6, 6.07) is 16.8. The summed E-state index contributed by atoms with van der Waals surface area (Å²) in [6.45, 7) is 0.920. The fourth-order valence-electron chi connectivity index (χ4n) is 3.69. The van der Waals surface area contributed by atoms with E-state index in [4.69, 9.17) is 4.42 Å². The van der Waals surface area contributed by atoms with Crippen LogP contribution in [-0.2, 0) is 16.0 Å². The monoisotopic (exact) mass is 420 g/mol. The number of para-hydroxylation sites is 1. The average Bonchev–Trinajstić information content (AvgIpc) is 3.45. The maximum atomic E-state index is 12.4. The number of hydrogen-bond donors (Lipinski definition) is 2. The Bertz CT molecular complexity index is 1110. The summed E-state index contributed by atoms with van der Waals surface area (Å²) in [5, 5.41) is 15.9. The van der Waals surface area contributed by atoms with Gasteiger partial charge in [0.25, 0.3) is 5.69 Å². The number of furan rings is 1. The molecule has 31 heavy (non-hydrogen) atoms. The van der Waals surface area contributed by atoms with Crippen LogP contribution < -0.4 is 15.5 Å². The number of nitrogens with one attached hydrogen (secondary N) is 2. The maximum Gasteiger partial charge on any atom is 0.313 e. The highest BCUT2D eigenvalue weighted by atomic mass is 16.6. The van der Waals surface area contributed by atoms with Crippen LogP contribution in [0, 0.1) is 10.1 Å². The number of nitrogens with zero attached hydrogens (tertiary/aromatic N) is 2. The Hall–Kier alpha value is -4.14. The fourth-order valence-corrected chi connectivity index (χ4v) is 3.69. The molecule has 0 fully saturated rings. The van der Waals surface area contributed by atoms with Crippen molar-refractivity contribution in [2.75, 3.05) is 23.3 Å². The first-order valence-electron chi connectivity index (χ1n) is 9.74. The Labute approximate surface area is 177 Å². The normalized spacial score (nSPS) is 13.4. The van der Waals surface area contributed by atoms with Gasteiger partial charge in [-0.05, 0) is 36.2 Å². The predicted octanol–water partition coefficient (Wildman–Crippen LogP) is 3.05. The van der Waals surface area contributed by atoms with Crippen molar-refractivity contribution in [1.82, 2.24) is 5.32 Å². The van der Waals surface area contributed by atoms with Gasteiger partial charge in [0.2, 0.25) is 0 Å². The number of anilines is 2. The largest absolute Gasteiger partial charge is 0.467 e. The minimum Gasteiger partial charge on any atom is -0.467 e. The van der Waals surface area contributed by atoms with Gasteiger partial charge >= 0.3 is 11.8 Å². The molecular formula is C22H20N4O5. The van der Waals surface area contributed by atoms with Gasteiger partial charge in [0, 0.05) is 36.6 Å². The molecule has 9 heteroatoms. The molecule has 2 N–H and O–H groups in total. The number of carbonyl (C=O) groups is 2. The van der Waals surface area contributed by atoms with Crippen LogP contribution in [0.1, 0.15) is 17.4 Å². The second kappa shape index (κ2) is 8.70. The lowest BCUT2D eigenvalue weighted by molar-refractivity contribution is -0.384. The van der Waals surface area contributed by atoms with Gasteiger partial charge in [0.05, 0.1) is 11.2 Å². The Morgan fingerprint density at radius 1 is 1.10 bits per heavy atom. The first-order valence-corrected chi connectivity index (χ1v) is 9.74. The van der Waals surface area contributed by atoms with Gasteiger partial charge in [-0.2, -0.15) is 0 Å². The van der Waals surface area contributed by atoms with Crippen LogP contribution in [0.5, 0.6) is 0 Å². The van der Waals surface area contributed by atoms with Crippen molar-refractivity contribution in [3.05, 3.63) is 88.4 Å². The van der Waals surface area contributed by atoms with Gasteiger partial charge in [-0.15, -0.1) is 0 Å². The lowest BCUT2D eigenvalue weighted by Crippen LogP contribution is -2.41. The van der Waals surface area contributed by atoms with E-state index in [2.05, 4.69) is 21.6 Å². The maximum absolute atomic E-state index is 12.4. The molecule has 1 atom stereocenters. The van der Waals surface area contributed by atoms with Crippen LogP contribution in [0.15, 0.2) is 71.3 Å². The molecule has 158 valence electrons. The molecule has 0 saturated heterocycles. The molecule has 0 aliphatic carbocycles. The molecule has 0 bridgehead atoms. The van der Waals surface area contributed by atoms with Crippen LogP contribution >= 0.6 is 0 Å². The molecule has 2 heterocycles. The topological polar surface area (TPSA) is 118 Å². The van der Waals surface area contributed by atoms with Crippen LogP contribution in [0.3, 0.4) is 0 Å². The Balaban J connectivity index is 1.44. The van der Waals surface area contributed by atoms with Crippen LogP contribution in [0.25, 0.3) is 0 Å². The smallest absolute Gasteiger partial charge is 0.313 e. The second-order valence-corrected chi connectivity index (χ2v) is 7.07. The molecule has 0 spiro atoms. The van der Waals surface area contributed by atoms with Crippen molar-refractivity contribution in [2.45, 2.75) is 12.5 Å². The number of non-ortho nitro benzene ring substituents is 1. The van der Waals surface area contributed by atoms with Crippen molar-refractivity contribution < 1.29 is 18.9 Å². The van der Waals surface area contributed by atoms with E-state index >= 15 is 0 Å². The van der Waals surface area contributed by atoms with Crippen molar-refractivity contribution in [3.8, 4) is 0 Å². The molecule has 9 nitrogen and oxygen atoms in total. The molecule has 1 unspecified atom stereocenters. The molecule has 0 radical (unpaired) electrons. The zero-order valence-electron chi connectivity index (χ0n) is 16.5. The van der Waals surface area contributed by atoms with E-state index in [1.807, 2.05) is 24.3 Å². The second-order valence-electron chi connectivity index (χ2n) is 7.07. The minimum absolute atomic E-state index is 0.156. The number of nitro groups is 1. The zero-order valence-corrected chi connectivity index (χ0v) is 16.5. The Morgan fingerprint density at radius 3 is 2.71 bits per heavy atom. The van der Waals surface area contributed by atoms with Gasteiger partial charge in [-0.1, -0.05) is 24.3 Å². The number of rotatable bonds is 6. The van der Waals surface area contributed by atoms with Crippen molar-refractivity contribution in [2.24, 2.45) is 0 Å². The Morgan fingerprint density at radius 2 is 1.94 bits per heavy atom. The van der Waals surface area contributed by atoms with Gasteiger partial charge < -0.3 is 20.0 Å². The zero-order chi connectivity index (χ0) is 21.8. The highest BCUT2D eigenvalue weighted by molar-refractivity contribution is 6.39. The van der Waals surface area contributed by atoms with Crippen LogP contribution in [0.4, 0.5) is 17.1 Å². The van der Waals surface area contributed by atoms with Crippen molar-refractivity contribution in [1.29, 1.82) is 0 Å². The fraction of sp³-hybridized carbons (Fsp3) is 0.182. The van der Waals surface area contributed by atoms with Crippen molar-refractivity contribution >= 4 is 28.9 Å². The summed E-state index contributed by atoms with van der Waals surface area (Å²) in [4.78, 5) is 37.1. The first-order chi connectivity index (χ1) is 15.0. The van der Waals surface area contributed by atoms with Crippen molar-refractivity contribution in [3.63, 3.8) is 0 Å². The number of carbonyl (C=O) groups excluding carboxylic acids is 2. The standard InChI is InChI=1S/C22H20N4O5/c27-21(22(28)24-16-6-3-7-17(13-16)26(29)30)23-14-19(20-9-4-12-31-20)25-11-10-15-5-1-2-8-18(15)25/h1-9,12-13,19H,10-11,14H2,(H,23,27)(H,24,28). The third-order valence-corrected chi connectivity index (χ3v) is 5.15. The first kappa shape index (κ1) is 20.1. The number of nitro benzene ring substituents is 1. The number of benzene rings is 2. The molecule has 1 aliphatic rings. The van der Waals surface area contributed by atoms with E-state index in [0.717, 1.165) is 18.7 Å². The molecule has 1 aromatic heterocycles. The summed E-state index contributed by atoms with van der Waals surface area (Å²) in [7, 11) is 0. The summed E-state index contributed by atoms with van der Waals surface area (Å²) in [5.74, 6) is -1.06. The van der Waals surface area contributed by atoms with E-state index in [0.29, 0.717) is 5.76 Å². The molecular weight excluding hydrogens is 400 g/mol. The van der Waals surface area contributed by atoms with Gasteiger partial charge in [-0.25, -0.2) is 0 Å². The number of fused-ring (bicyclic) bond motifs is 1. The van der Waals surface area contributed by atoms with E-state index in [1.165, 1.54) is 29.8 Å². The highest BCUT2D eigenvalue weighted by Crippen LogP contribution is 2.34. The van der Waals surface area contributed by atoms with Gasteiger partial charge in [-0.3, -0.25) is 19.7 Å². The summed E-state index contributed by atoms with van der Waals surface area (Å²) in [5.41, 5.74) is 2.28. The van der Waals surface area contributed by atoms with E-state index < -0.39 is 16.7 Å². The van der Waals surface area contributed by atoms with E-state index in [1.54, 1.807) is 12.3 Å². The molecule has 0 saturated carbocycles. The summed E-state index contributed by atoms with van der Waals surface area (Å²) in [6.07, 6.45) is 2.45. The lowest BCUT2D eigenvalue weighted by atomic mass is 10.1. The molecule has 4 rings (SSSR count). The number of hydrogen-bond acceptors (Lipinski definition) is 6. The quantitative estimate of drug-likeness (QED) is 0.360. The van der Waals surface area contributed by atoms with E-state index in [9.17, 15) is 19.7 Å². The third kappa shape index (κ3) is 4.40. The predicted molar refractivity (Wildman–Crippen MR) is 114 cm³/mol. The molecule has 2 aromatic carbocycles. The molecule has 3 aromatic rings. The highest BCUT2D eigenvalue weighted by Gasteiger charge is 2.29. The number of amides is 2. The van der Waals surface area contributed by atoms with Crippen LogP contribution in [-0.4, -0.2) is 29.8 Å². The summed E-state index contributed by atoms with van der Waals surface area (Å²) < 4.78 is 5.59. The molecule has 2 amide bonds. The van der Waals surface area contributed by atoms with Gasteiger partial charge in [0.15, 0.2) is 0 Å². The Kier molecular flexibility index (Phi) is 5.65. The minimum atomic E-state index is -0.902. The SMILES string of the molecule is O=C(NCC(c1ccco1)N1CCc2ccccc21)C(=O)Nc1cccc([N+](=O)[O-])c1. The third-order valence-electron chi connectivity index (χ3n) is 5.15. The van der Waals surface area contributed by atoms with Crippen LogP contribution in [0.2, 0.25) is 0 Å². The van der Waals surface area contributed by atoms with E-state index in [-0.39, 0.29) is 24.0 Å². The summed E-state index contributed by atoms with van der Waals surface area (Å²) >= 11 is 0. The molecule has 1 aliphatic heterocycles. The lowest BCUT2D eigenvalue weighted by Gasteiger charge is -2.29. The van der Waals surface area contributed by atoms with Gasteiger partial charge in [0.1, 0.15) is 11.8 Å². The average molecular weight is 420 g/mol.